The second-order valence-electron chi connectivity index (χ2n) is 7.10. The zero-order chi connectivity index (χ0) is 21.1. The molecule has 10 heteroatoms. The third kappa shape index (κ3) is 5.54. The zero-order valence-corrected chi connectivity index (χ0v) is 15.9. The summed E-state index contributed by atoms with van der Waals surface area (Å²) in [4.78, 5) is 29.1. The molecule has 0 saturated heterocycles. The highest BCUT2D eigenvalue weighted by Gasteiger charge is 2.38. The lowest BCUT2D eigenvalue weighted by atomic mass is 10.1. The molecule has 0 spiro atoms. The summed E-state index contributed by atoms with van der Waals surface area (Å²) in [5.41, 5.74) is 0.265. The molecular formula is C18H21F3N4O3. The Balaban J connectivity index is 2.22. The number of alkyl halides is 3. The van der Waals surface area contributed by atoms with E-state index < -0.39 is 17.6 Å². The lowest BCUT2D eigenvalue weighted by Gasteiger charge is -2.26. The Morgan fingerprint density at radius 1 is 1.14 bits per heavy atom. The van der Waals surface area contributed by atoms with Crippen LogP contribution in [-0.4, -0.2) is 34.0 Å². The van der Waals surface area contributed by atoms with Crippen molar-refractivity contribution < 1.29 is 27.3 Å². The number of rotatable bonds is 5. The standard InChI is InChI=1S/C18H21F3N4O3/c1-5-14(27)25(10-13(26)23-17(2,3)4)12-8-6-11(7-9-12)15-22-16(28-24-15)18(19,20)21/h6-9H,5,10H2,1-4H3,(H,23,26). The largest absolute Gasteiger partial charge is 0.471 e. The smallest absolute Gasteiger partial charge is 0.350 e. The van der Waals surface area contributed by atoms with Gasteiger partial charge in [0, 0.05) is 23.2 Å². The van der Waals surface area contributed by atoms with Crippen molar-refractivity contribution in [2.75, 3.05) is 11.4 Å². The third-order valence-electron chi connectivity index (χ3n) is 3.53. The fourth-order valence-corrected chi connectivity index (χ4v) is 2.36. The number of benzene rings is 1. The molecule has 28 heavy (non-hydrogen) atoms. The number of halogens is 3. The van der Waals surface area contributed by atoms with Crippen molar-refractivity contribution in [1.29, 1.82) is 0 Å². The lowest BCUT2D eigenvalue weighted by Crippen LogP contribution is -2.47. The van der Waals surface area contributed by atoms with Crippen molar-refractivity contribution in [3.63, 3.8) is 0 Å². The highest BCUT2D eigenvalue weighted by atomic mass is 19.4. The topological polar surface area (TPSA) is 88.3 Å². The van der Waals surface area contributed by atoms with Crippen LogP contribution in [0.3, 0.4) is 0 Å². The van der Waals surface area contributed by atoms with Crippen LogP contribution in [0.25, 0.3) is 11.4 Å². The van der Waals surface area contributed by atoms with Crippen molar-refractivity contribution in [1.82, 2.24) is 15.5 Å². The Hall–Kier alpha value is -2.91. The number of carbonyl (C=O) groups excluding carboxylic acids is 2. The molecule has 2 amide bonds. The highest BCUT2D eigenvalue weighted by molar-refractivity contribution is 5.98. The van der Waals surface area contributed by atoms with Gasteiger partial charge in [-0.05, 0) is 45.0 Å². The minimum atomic E-state index is -4.73. The molecule has 0 radical (unpaired) electrons. The minimum absolute atomic E-state index is 0.177. The van der Waals surface area contributed by atoms with Crippen molar-refractivity contribution in [3.05, 3.63) is 30.2 Å². The Morgan fingerprint density at radius 3 is 2.21 bits per heavy atom. The first-order valence-electron chi connectivity index (χ1n) is 8.53. The average molecular weight is 398 g/mol. The molecule has 0 saturated carbocycles. The molecule has 2 aromatic rings. The molecule has 0 bridgehead atoms. The van der Waals surface area contributed by atoms with E-state index in [2.05, 4.69) is 20.0 Å². The Labute approximate surface area is 159 Å². The van der Waals surface area contributed by atoms with E-state index in [1.807, 2.05) is 20.8 Å². The molecule has 1 N–H and O–H groups in total. The minimum Gasteiger partial charge on any atom is -0.350 e. The van der Waals surface area contributed by atoms with E-state index in [-0.39, 0.29) is 36.2 Å². The summed E-state index contributed by atoms with van der Waals surface area (Å²) in [6.07, 6.45) is -4.54. The van der Waals surface area contributed by atoms with E-state index in [0.717, 1.165) is 0 Å². The molecule has 0 fully saturated rings. The fraction of sp³-hybridized carbons (Fsp3) is 0.444. The summed E-state index contributed by atoms with van der Waals surface area (Å²) >= 11 is 0. The molecule has 0 atom stereocenters. The van der Waals surface area contributed by atoms with Crippen LogP contribution in [0.5, 0.6) is 0 Å². The van der Waals surface area contributed by atoms with E-state index in [9.17, 15) is 22.8 Å². The Bertz CT molecular complexity index is 839. The van der Waals surface area contributed by atoms with Gasteiger partial charge in [0.05, 0.1) is 0 Å². The van der Waals surface area contributed by atoms with Crippen LogP contribution in [0.1, 0.15) is 40.0 Å². The molecule has 0 aliphatic heterocycles. The summed E-state index contributed by atoms with van der Waals surface area (Å²) < 4.78 is 41.9. The second-order valence-corrected chi connectivity index (χ2v) is 7.10. The molecule has 0 unspecified atom stereocenters. The summed E-state index contributed by atoms with van der Waals surface area (Å²) in [6.45, 7) is 6.97. The normalized spacial score (nSPS) is 12.0. The SMILES string of the molecule is CCC(=O)N(CC(=O)NC(C)(C)C)c1ccc(-c2noc(C(F)(F)F)n2)cc1. The van der Waals surface area contributed by atoms with Crippen molar-refractivity contribution in [3.8, 4) is 11.4 Å². The third-order valence-corrected chi connectivity index (χ3v) is 3.53. The van der Waals surface area contributed by atoms with Gasteiger partial charge in [0.1, 0.15) is 6.54 Å². The first-order valence-corrected chi connectivity index (χ1v) is 8.53. The van der Waals surface area contributed by atoms with Gasteiger partial charge < -0.3 is 14.7 Å². The van der Waals surface area contributed by atoms with Crippen LogP contribution in [0, 0.1) is 0 Å². The van der Waals surface area contributed by atoms with E-state index in [1.54, 1.807) is 6.92 Å². The predicted octanol–water partition coefficient (Wildman–Crippen LogP) is 3.41. The number of hydrogen-bond donors (Lipinski definition) is 1. The van der Waals surface area contributed by atoms with E-state index in [4.69, 9.17) is 0 Å². The summed E-state index contributed by atoms with van der Waals surface area (Å²) in [5, 5.41) is 6.10. The quantitative estimate of drug-likeness (QED) is 0.834. The number of amides is 2. The van der Waals surface area contributed by atoms with Crippen LogP contribution >= 0.6 is 0 Å². The maximum absolute atomic E-state index is 12.6. The molecule has 1 aromatic carbocycles. The van der Waals surface area contributed by atoms with Crippen LogP contribution in [0.4, 0.5) is 18.9 Å². The summed E-state index contributed by atoms with van der Waals surface area (Å²) in [5.74, 6) is -2.26. The number of nitrogens with zero attached hydrogens (tertiary/aromatic N) is 3. The maximum atomic E-state index is 12.6. The van der Waals surface area contributed by atoms with Gasteiger partial charge in [0.15, 0.2) is 0 Å². The number of anilines is 1. The van der Waals surface area contributed by atoms with Crippen LogP contribution in [0.15, 0.2) is 28.8 Å². The maximum Gasteiger partial charge on any atom is 0.471 e. The first-order chi connectivity index (χ1) is 12.9. The average Bonchev–Trinajstić information content (AvgIpc) is 3.08. The second kappa shape index (κ2) is 7.99. The molecule has 7 nitrogen and oxygen atoms in total. The molecule has 2 rings (SSSR count). The van der Waals surface area contributed by atoms with E-state index in [1.165, 1.54) is 29.2 Å². The van der Waals surface area contributed by atoms with Crippen LogP contribution in [0.2, 0.25) is 0 Å². The van der Waals surface area contributed by atoms with Gasteiger partial charge in [-0.15, -0.1) is 0 Å². The van der Waals surface area contributed by atoms with E-state index >= 15 is 0 Å². The van der Waals surface area contributed by atoms with Crippen molar-refractivity contribution in [2.45, 2.75) is 45.8 Å². The van der Waals surface area contributed by atoms with Crippen LogP contribution < -0.4 is 10.2 Å². The summed E-state index contributed by atoms with van der Waals surface area (Å²) in [6, 6.07) is 5.93. The predicted molar refractivity (Wildman–Crippen MR) is 95.3 cm³/mol. The number of hydrogen-bond acceptors (Lipinski definition) is 5. The first kappa shape index (κ1) is 21.4. The van der Waals surface area contributed by atoms with Gasteiger partial charge in [-0.25, -0.2) is 0 Å². The monoisotopic (exact) mass is 398 g/mol. The molecule has 152 valence electrons. The van der Waals surface area contributed by atoms with E-state index in [0.29, 0.717) is 5.69 Å². The number of nitrogens with one attached hydrogen (secondary N) is 1. The van der Waals surface area contributed by atoms with Gasteiger partial charge >= 0.3 is 12.1 Å². The van der Waals surface area contributed by atoms with Crippen molar-refractivity contribution >= 4 is 17.5 Å². The van der Waals surface area contributed by atoms with Crippen molar-refractivity contribution in [2.24, 2.45) is 0 Å². The molecule has 0 aliphatic carbocycles. The lowest BCUT2D eigenvalue weighted by molar-refractivity contribution is -0.159. The number of carbonyl (C=O) groups is 2. The zero-order valence-electron chi connectivity index (χ0n) is 15.9. The summed E-state index contributed by atoms with van der Waals surface area (Å²) in [7, 11) is 0. The van der Waals surface area contributed by atoms with Gasteiger partial charge in [-0.2, -0.15) is 18.2 Å². The Kier molecular flexibility index (Phi) is 6.10. The molecule has 1 aromatic heterocycles. The molecular weight excluding hydrogens is 377 g/mol. The fourth-order valence-electron chi connectivity index (χ4n) is 2.36. The Morgan fingerprint density at radius 2 is 1.75 bits per heavy atom. The van der Waals surface area contributed by atoms with Gasteiger partial charge in [0.2, 0.25) is 17.6 Å². The van der Waals surface area contributed by atoms with Gasteiger partial charge in [-0.3, -0.25) is 9.59 Å². The van der Waals surface area contributed by atoms with Crippen LogP contribution in [-0.2, 0) is 15.8 Å². The molecule has 1 heterocycles. The highest BCUT2D eigenvalue weighted by Crippen LogP contribution is 2.30. The van der Waals surface area contributed by atoms with Gasteiger partial charge in [0.25, 0.3) is 0 Å². The van der Waals surface area contributed by atoms with Gasteiger partial charge in [-0.1, -0.05) is 12.1 Å². The number of aromatic nitrogens is 2. The molecule has 0 aliphatic rings.